The number of phenolic OH excluding ortho intramolecular Hbond substituents is 2. The molecule has 0 bridgehead atoms. The molecule has 55 heavy (non-hydrogen) atoms. The number of aliphatic hydroxyl groups is 3. The molecule has 0 radical (unpaired) electrons. The largest absolute Gasteiger partial charge is 0.507 e. The van der Waals surface area contributed by atoms with Crippen LogP contribution in [0.25, 0.3) is 0 Å². The topological polar surface area (TPSA) is 245 Å². The molecule has 296 valence electrons. The standard InChI is InChI=1S/C39H45NO15/c1-18-31(43)22(40-37(49)54-19-8-5-6-12-38(2,13-11-19)36(48)52-4)14-26(53-18)55-24-16-39(50,25(42)17-41)15-21-28(24)35(47)30-29(33(21)45)32(44)20-9-7-10-23(51-3)27(20)34(30)46/h5,7-10,18-19,22,24,26,31,41,43,45,47,50H,6,11-17H2,1-4H3,(H,40,49)/b8-5+/t18-,19-,22-,24-,26-,31+,38+,39-/m0/s1. The molecule has 1 amide bonds. The number of phenols is 2. The third-order valence-electron chi connectivity index (χ3n) is 11.2. The van der Waals surface area contributed by atoms with Gasteiger partial charge in [0.05, 0.1) is 54.6 Å². The molecule has 4 aliphatic rings. The number of hydrogen-bond acceptors (Lipinski definition) is 15. The number of aliphatic hydroxyl groups excluding tert-OH is 2. The van der Waals surface area contributed by atoms with Crippen molar-refractivity contribution >= 4 is 29.4 Å². The number of benzene rings is 2. The van der Waals surface area contributed by atoms with Crippen molar-refractivity contribution < 1.29 is 73.2 Å². The van der Waals surface area contributed by atoms with E-state index < -0.39 is 113 Å². The average molecular weight is 768 g/mol. The first kappa shape index (κ1) is 39.8. The summed E-state index contributed by atoms with van der Waals surface area (Å²) >= 11 is 0. The fourth-order valence-electron chi connectivity index (χ4n) is 8.06. The van der Waals surface area contributed by atoms with Gasteiger partial charge < -0.3 is 54.5 Å². The van der Waals surface area contributed by atoms with Gasteiger partial charge in [-0.15, -0.1) is 0 Å². The van der Waals surface area contributed by atoms with Crippen molar-refractivity contribution in [3.8, 4) is 17.2 Å². The number of carbonyl (C=O) groups excluding carboxylic acids is 5. The Hall–Kier alpha value is -4.87. The highest BCUT2D eigenvalue weighted by Gasteiger charge is 2.50. The maximum atomic E-state index is 13.9. The van der Waals surface area contributed by atoms with Crippen molar-refractivity contribution in [1.82, 2.24) is 5.32 Å². The van der Waals surface area contributed by atoms with Crippen LogP contribution in [0.1, 0.15) is 101 Å². The fraction of sp³-hybridized carbons (Fsp3) is 0.513. The molecule has 1 aliphatic heterocycles. The van der Waals surface area contributed by atoms with Crippen LogP contribution >= 0.6 is 0 Å². The van der Waals surface area contributed by atoms with Gasteiger partial charge in [0.15, 0.2) is 17.9 Å². The molecule has 0 unspecified atom stereocenters. The lowest BCUT2D eigenvalue weighted by atomic mass is 9.72. The second kappa shape index (κ2) is 15.3. The Balaban J connectivity index is 1.28. The van der Waals surface area contributed by atoms with Crippen LogP contribution in [0.5, 0.6) is 17.2 Å². The summed E-state index contributed by atoms with van der Waals surface area (Å²) in [5.41, 5.74) is -4.88. The molecule has 1 saturated heterocycles. The molecule has 0 saturated carbocycles. The number of Topliss-reactive ketones (excluding diaryl/α,β-unsaturated/α-hetero) is 1. The number of carbonyl (C=O) groups is 5. The van der Waals surface area contributed by atoms with Gasteiger partial charge in [0.2, 0.25) is 5.78 Å². The number of ketones is 3. The van der Waals surface area contributed by atoms with E-state index in [1.807, 2.05) is 6.08 Å². The van der Waals surface area contributed by atoms with Crippen LogP contribution in [0.2, 0.25) is 0 Å². The van der Waals surface area contributed by atoms with Crippen molar-refractivity contribution in [2.75, 3.05) is 20.8 Å². The quantitative estimate of drug-likeness (QED) is 0.110. The number of esters is 1. The molecule has 8 atom stereocenters. The first-order chi connectivity index (χ1) is 26.1. The predicted molar refractivity (Wildman–Crippen MR) is 189 cm³/mol. The molecule has 0 spiro atoms. The lowest BCUT2D eigenvalue weighted by molar-refractivity contribution is -0.249. The highest BCUT2D eigenvalue weighted by molar-refractivity contribution is 6.31. The van der Waals surface area contributed by atoms with Crippen LogP contribution in [0.4, 0.5) is 4.79 Å². The van der Waals surface area contributed by atoms with Crippen LogP contribution in [-0.2, 0) is 35.0 Å². The zero-order chi connectivity index (χ0) is 40.0. The van der Waals surface area contributed by atoms with Crippen LogP contribution in [-0.4, -0.2) is 112 Å². The summed E-state index contributed by atoms with van der Waals surface area (Å²) in [6, 6.07) is 3.28. The molecule has 1 heterocycles. The summed E-state index contributed by atoms with van der Waals surface area (Å²) in [7, 11) is 2.62. The Kier molecular flexibility index (Phi) is 11.1. The third kappa shape index (κ3) is 7.20. The number of fused-ring (bicyclic) bond motifs is 3. The van der Waals surface area contributed by atoms with Gasteiger partial charge in [-0.1, -0.05) is 18.2 Å². The number of amides is 1. The van der Waals surface area contributed by atoms with Gasteiger partial charge in [0.25, 0.3) is 0 Å². The SMILES string of the molecule is COC(=O)[C@]1(C)CC/C=C/[C@H](OC(=O)N[C@H]2C[C@H](O[C@H]3C[C@](O)(C(=O)CO)Cc4c(O)c5c(c(O)c43)C(=O)c3c(OC)cccc3C5=O)O[C@@H](C)[C@H]2O)CC1. The maximum absolute atomic E-state index is 13.9. The molecular formula is C39H45NO15. The number of allylic oxidation sites excluding steroid dienone is 1. The van der Waals surface area contributed by atoms with Gasteiger partial charge in [-0.2, -0.15) is 0 Å². The zero-order valence-electron chi connectivity index (χ0n) is 30.8. The lowest BCUT2D eigenvalue weighted by Gasteiger charge is -2.42. The van der Waals surface area contributed by atoms with Gasteiger partial charge in [0.1, 0.15) is 41.7 Å². The van der Waals surface area contributed by atoms with Crippen molar-refractivity contribution in [3.63, 3.8) is 0 Å². The number of ether oxygens (including phenoxy) is 5. The van der Waals surface area contributed by atoms with Crippen molar-refractivity contribution in [2.45, 2.75) is 101 Å². The van der Waals surface area contributed by atoms with Gasteiger partial charge in [-0.05, 0) is 51.7 Å². The van der Waals surface area contributed by atoms with E-state index >= 15 is 0 Å². The first-order valence-electron chi connectivity index (χ1n) is 18.0. The van der Waals surface area contributed by atoms with E-state index in [0.29, 0.717) is 25.7 Å². The molecule has 6 N–H and O–H groups in total. The lowest BCUT2D eigenvalue weighted by Crippen LogP contribution is -2.56. The number of hydrogen-bond donors (Lipinski definition) is 6. The Labute approximate surface area is 316 Å². The highest BCUT2D eigenvalue weighted by atomic mass is 16.7. The summed E-state index contributed by atoms with van der Waals surface area (Å²) in [6.07, 6.45) is -2.57. The van der Waals surface area contributed by atoms with Gasteiger partial charge in [-0.3, -0.25) is 19.2 Å². The van der Waals surface area contributed by atoms with Gasteiger partial charge >= 0.3 is 12.1 Å². The predicted octanol–water partition coefficient (Wildman–Crippen LogP) is 2.45. The van der Waals surface area contributed by atoms with Crippen molar-refractivity contribution in [1.29, 1.82) is 0 Å². The van der Waals surface area contributed by atoms with E-state index in [1.165, 1.54) is 39.3 Å². The van der Waals surface area contributed by atoms with E-state index in [9.17, 15) is 49.5 Å². The summed E-state index contributed by atoms with van der Waals surface area (Å²) in [5, 5.41) is 58.3. The molecule has 16 nitrogen and oxygen atoms in total. The summed E-state index contributed by atoms with van der Waals surface area (Å²) in [4.78, 5) is 66.2. The minimum atomic E-state index is -2.36. The second-order valence-corrected chi connectivity index (χ2v) is 14.7. The number of rotatable bonds is 8. The maximum Gasteiger partial charge on any atom is 0.408 e. The Bertz CT molecular complexity index is 1940. The number of nitrogens with one attached hydrogen (secondary N) is 1. The molecular weight excluding hydrogens is 722 g/mol. The van der Waals surface area contributed by atoms with Crippen LogP contribution in [0.15, 0.2) is 30.4 Å². The van der Waals surface area contributed by atoms with Crippen molar-refractivity contribution in [2.24, 2.45) is 5.41 Å². The van der Waals surface area contributed by atoms with E-state index in [2.05, 4.69) is 5.32 Å². The number of alkyl carbamates (subject to hydrolysis) is 1. The normalized spacial score (nSPS) is 30.7. The zero-order valence-corrected chi connectivity index (χ0v) is 30.8. The fourth-order valence-corrected chi connectivity index (χ4v) is 8.06. The highest BCUT2D eigenvalue weighted by Crippen LogP contribution is 2.52. The number of methoxy groups -OCH3 is 2. The van der Waals surface area contributed by atoms with Crippen molar-refractivity contribution in [3.05, 3.63) is 63.7 Å². The third-order valence-corrected chi connectivity index (χ3v) is 11.2. The molecule has 16 heteroatoms. The molecule has 3 aliphatic carbocycles. The monoisotopic (exact) mass is 767 g/mol. The van der Waals surface area contributed by atoms with Crippen LogP contribution < -0.4 is 10.1 Å². The van der Waals surface area contributed by atoms with E-state index in [-0.39, 0.29) is 40.4 Å². The number of aromatic hydroxyl groups is 2. The molecule has 2 aromatic rings. The van der Waals surface area contributed by atoms with E-state index in [0.717, 1.165) is 0 Å². The second-order valence-electron chi connectivity index (χ2n) is 14.7. The van der Waals surface area contributed by atoms with Crippen LogP contribution in [0.3, 0.4) is 0 Å². The summed E-state index contributed by atoms with van der Waals surface area (Å²) in [5.74, 6) is -4.48. The first-order valence-corrected chi connectivity index (χ1v) is 18.0. The van der Waals surface area contributed by atoms with Crippen LogP contribution in [0, 0.1) is 5.41 Å². The molecule has 0 aromatic heterocycles. The average Bonchev–Trinajstić information content (AvgIpc) is 3.15. The molecule has 6 rings (SSSR count). The molecule has 1 fully saturated rings. The molecule has 2 aromatic carbocycles. The smallest absolute Gasteiger partial charge is 0.408 e. The summed E-state index contributed by atoms with van der Waals surface area (Å²) < 4.78 is 28.1. The van der Waals surface area contributed by atoms with Gasteiger partial charge in [-0.25, -0.2) is 4.79 Å². The Morgan fingerprint density at radius 1 is 1.04 bits per heavy atom. The van der Waals surface area contributed by atoms with Gasteiger partial charge in [0, 0.05) is 36.0 Å². The Morgan fingerprint density at radius 2 is 1.76 bits per heavy atom. The Morgan fingerprint density at radius 3 is 2.45 bits per heavy atom. The minimum absolute atomic E-state index is 0.0549. The van der Waals surface area contributed by atoms with E-state index in [1.54, 1.807) is 13.0 Å². The minimum Gasteiger partial charge on any atom is -0.507 e. The summed E-state index contributed by atoms with van der Waals surface area (Å²) in [6.45, 7) is 2.22. The van der Waals surface area contributed by atoms with E-state index in [4.69, 9.17) is 23.7 Å².